The predicted molar refractivity (Wildman–Crippen MR) is 103 cm³/mol. The number of piperazine rings is 1. The first-order valence-electron chi connectivity index (χ1n) is 8.75. The van der Waals surface area contributed by atoms with Crippen LogP contribution in [-0.2, 0) is 11.4 Å². The minimum Gasteiger partial charge on any atom is -0.470 e. The lowest BCUT2D eigenvalue weighted by Crippen LogP contribution is -2.48. The van der Waals surface area contributed by atoms with E-state index in [0.717, 1.165) is 17.1 Å². The number of hydrogen-bond acceptors (Lipinski definition) is 7. The van der Waals surface area contributed by atoms with Crippen molar-refractivity contribution in [3.63, 3.8) is 0 Å². The van der Waals surface area contributed by atoms with Crippen molar-refractivity contribution in [2.24, 2.45) is 0 Å². The molecule has 1 fully saturated rings. The van der Waals surface area contributed by atoms with Gasteiger partial charge in [-0.05, 0) is 37.3 Å². The number of anilines is 1. The van der Waals surface area contributed by atoms with Crippen LogP contribution in [0, 0.1) is 6.92 Å². The SMILES string of the molecule is Cc1nnn(-c2ccc(Cl)cc2)c1COc1ccc(N2CCNC(=O)C2)nn1. The number of ether oxygens (including phenoxy) is 1. The van der Waals surface area contributed by atoms with Crippen LogP contribution in [0.15, 0.2) is 36.4 Å². The van der Waals surface area contributed by atoms with Crippen molar-refractivity contribution in [1.82, 2.24) is 30.5 Å². The molecule has 1 aliphatic heterocycles. The van der Waals surface area contributed by atoms with E-state index in [1.807, 2.05) is 24.0 Å². The fourth-order valence-electron chi connectivity index (χ4n) is 2.87. The molecule has 10 heteroatoms. The van der Waals surface area contributed by atoms with Gasteiger partial charge in [-0.1, -0.05) is 16.8 Å². The Morgan fingerprint density at radius 3 is 2.68 bits per heavy atom. The highest BCUT2D eigenvalue weighted by molar-refractivity contribution is 6.30. The minimum absolute atomic E-state index is 0.0215. The maximum Gasteiger partial charge on any atom is 0.239 e. The molecule has 3 aromatic rings. The van der Waals surface area contributed by atoms with Crippen LogP contribution in [0.1, 0.15) is 11.4 Å². The van der Waals surface area contributed by atoms with Crippen molar-refractivity contribution in [3.05, 3.63) is 52.8 Å². The molecule has 1 saturated heterocycles. The second-order valence-electron chi connectivity index (χ2n) is 6.30. The van der Waals surface area contributed by atoms with Gasteiger partial charge in [0.05, 0.1) is 17.9 Å². The van der Waals surface area contributed by atoms with Crippen molar-refractivity contribution in [3.8, 4) is 11.6 Å². The Bertz CT molecular complexity index is 973. The first kappa shape index (κ1) is 18.2. The Balaban J connectivity index is 1.45. The molecule has 1 aliphatic rings. The number of benzene rings is 1. The average molecular weight is 400 g/mol. The van der Waals surface area contributed by atoms with Gasteiger partial charge in [0.2, 0.25) is 11.8 Å². The molecule has 0 bridgehead atoms. The maximum absolute atomic E-state index is 11.5. The number of amides is 1. The zero-order valence-electron chi connectivity index (χ0n) is 15.2. The Morgan fingerprint density at radius 1 is 1.14 bits per heavy atom. The van der Waals surface area contributed by atoms with Gasteiger partial charge in [-0.3, -0.25) is 4.79 Å². The highest BCUT2D eigenvalue weighted by Gasteiger charge is 2.18. The Hall–Kier alpha value is -3.20. The molecule has 9 nitrogen and oxygen atoms in total. The molecule has 1 amide bonds. The summed E-state index contributed by atoms with van der Waals surface area (Å²) in [7, 11) is 0. The molecule has 0 spiro atoms. The predicted octanol–water partition coefficient (Wildman–Crippen LogP) is 1.53. The molecule has 1 N–H and O–H groups in total. The summed E-state index contributed by atoms with van der Waals surface area (Å²) in [5.74, 6) is 1.01. The lowest BCUT2D eigenvalue weighted by Gasteiger charge is -2.26. The highest BCUT2D eigenvalue weighted by Crippen LogP contribution is 2.18. The quantitative estimate of drug-likeness (QED) is 0.694. The molecule has 144 valence electrons. The van der Waals surface area contributed by atoms with Crippen LogP contribution in [0.25, 0.3) is 5.69 Å². The second-order valence-corrected chi connectivity index (χ2v) is 6.74. The number of halogens is 1. The van der Waals surface area contributed by atoms with Crippen LogP contribution in [0.4, 0.5) is 5.82 Å². The van der Waals surface area contributed by atoms with Gasteiger partial charge in [-0.15, -0.1) is 15.3 Å². The Labute approximate surface area is 166 Å². The van der Waals surface area contributed by atoms with Gasteiger partial charge in [0, 0.05) is 24.2 Å². The summed E-state index contributed by atoms with van der Waals surface area (Å²) in [5.41, 5.74) is 2.41. The standard InChI is InChI=1S/C18H18ClN7O2/c1-12-15(26(24-21-12)14-4-2-13(19)3-5-14)11-28-18-7-6-16(22-23-18)25-9-8-20-17(27)10-25/h2-7H,8-11H2,1H3,(H,20,27). The van der Waals surface area contributed by atoms with Gasteiger partial charge in [-0.2, -0.15) is 0 Å². The lowest BCUT2D eigenvalue weighted by molar-refractivity contribution is -0.120. The topological polar surface area (TPSA) is 98.1 Å². The summed E-state index contributed by atoms with van der Waals surface area (Å²) >= 11 is 5.95. The molecule has 4 rings (SSSR count). The van der Waals surface area contributed by atoms with E-state index in [-0.39, 0.29) is 19.1 Å². The summed E-state index contributed by atoms with van der Waals surface area (Å²) in [5, 5.41) is 20.0. The van der Waals surface area contributed by atoms with E-state index < -0.39 is 0 Å². The summed E-state index contributed by atoms with van der Waals surface area (Å²) in [6.45, 7) is 3.68. The maximum atomic E-state index is 11.5. The van der Waals surface area contributed by atoms with E-state index in [9.17, 15) is 4.79 Å². The van der Waals surface area contributed by atoms with Gasteiger partial charge < -0.3 is 15.0 Å². The normalized spacial score (nSPS) is 14.1. The summed E-state index contributed by atoms with van der Waals surface area (Å²) in [6, 6.07) is 10.9. The minimum atomic E-state index is -0.0215. The van der Waals surface area contributed by atoms with Crippen LogP contribution >= 0.6 is 11.6 Å². The van der Waals surface area contributed by atoms with E-state index in [1.165, 1.54) is 0 Å². The number of carbonyl (C=O) groups is 1. The highest BCUT2D eigenvalue weighted by atomic mass is 35.5. The van der Waals surface area contributed by atoms with Crippen LogP contribution in [-0.4, -0.2) is 50.7 Å². The molecule has 1 aromatic carbocycles. The van der Waals surface area contributed by atoms with Crippen LogP contribution in [0.5, 0.6) is 5.88 Å². The van der Waals surface area contributed by atoms with Crippen molar-refractivity contribution in [1.29, 1.82) is 0 Å². The van der Waals surface area contributed by atoms with Gasteiger partial charge in [-0.25, -0.2) is 4.68 Å². The fraction of sp³-hybridized carbons (Fsp3) is 0.278. The molecule has 0 saturated carbocycles. The first-order valence-corrected chi connectivity index (χ1v) is 9.13. The number of rotatable bonds is 5. The lowest BCUT2D eigenvalue weighted by atomic mass is 10.3. The Morgan fingerprint density at radius 2 is 1.96 bits per heavy atom. The summed E-state index contributed by atoms with van der Waals surface area (Å²) < 4.78 is 7.49. The van der Waals surface area contributed by atoms with E-state index in [2.05, 4.69) is 25.8 Å². The third-order valence-corrected chi connectivity index (χ3v) is 4.63. The fourth-order valence-corrected chi connectivity index (χ4v) is 2.99. The summed E-state index contributed by atoms with van der Waals surface area (Å²) in [4.78, 5) is 13.4. The molecule has 0 unspecified atom stereocenters. The molecule has 0 aliphatic carbocycles. The van der Waals surface area contributed by atoms with Gasteiger partial charge in [0.15, 0.2) is 5.82 Å². The van der Waals surface area contributed by atoms with Crippen LogP contribution in [0.3, 0.4) is 0 Å². The van der Waals surface area contributed by atoms with E-state index in [0.29, 0.717) is 29.8 Å². The van der Waals surface area contributed by atoms with E-state index >= 15 is 0 Å². The zero-order chi connectivity index (χ0) is 19.5. The monoisotopic (exact) mass is 399 g/mol. The molecule has 0 radical (unpaired) electrons. The van der Waals surface area contributed by atoms with Crippen LogP contribution < -0.4 is 15.0 Å². The van der Waals surface area contributed by atoms with Crippen LogP contribution in [0.2, 0.25) is 5.02 Å². The number of nitrogens with zero attached hydrogens (tertiary/aromatic N) is 6. The van der Waals surface area contributed by atoms with Gasteiger partial charge >= 0.3 is 0 Å². The molecule has 3 heterocycles. The number of nitrogens with one attached hydrogen (secondary N) is 1. The first-order chi connectivity index (χ1) is 13.6. The molecular weight excluding hydrogens is 382 g/mol. The largest absolute Gasteiger partial charge is 0.470 e. The number of carbonyl (C=O) groups excluding carboxylic acids is 1. The van der Waals surface area contributed by atoms with Crippen molar-refractivity contribution in [2.45, 2.75) is 13.5 Å². The van der Waals surface area contributed by atoms with Gasteiger partial charge in [0.25, 0.3) is 0 Å². The molecule has 2 aromatic heterocycles. The van der Waals surface area contributed by atoms with Crippen molar-refractivity contribution >= 4 is 23.3 Å². The third-order valence-electron chi connectivity index (χ3n) is 4.37. The summed E-state index contributed by atoms with van der Waals surface area (Å²) in [6.07, 6.45) is 0. The number of aromatic nitrogens is 5. The Kier molecular flexibility index (Phi) is 5.07. The average Bonchev–Trinajstić information content (AvgIpc) is 3.08. The second kappa shape index (κ2) is 7.81. The molecule has 0 atom stereocenters. The van der Waals surface area contributed by atoms with Crippen molar-refractivity contribution < 1.29 is 9.53 Å². The van der Waals surface area contributed by atoms with E-state index in [4.69, 9.17) is 16.3 Å². The van der Waals surface area contributed by atoms with Gasteiger partial charge in [0.1, 0.15) is 12.3 Å². The zero-order valence-corrected chi connectivity index (χ0v) is 15.9. The van der Waals surface area contributed by atoms with E-state index in [1.54, 1.807) is 28.9 Å². The smallest absolute Gasteiger partial charge is 0.239 e. The third kappa shape index (κ3) is 3.89. The number of aryl methyl sites for hydroxylation is 1. The molecular formula is C18H18ClN7O2. The number of hydrogen-bond donors (Lipinski definition) is 1. The van der Waals surface area contributed by atoms with Crippen molar-refractivity contribution in [2.75, 3.05) is 24.5 Å². The molecule has 28 heavy (non-hydrogen) atoms.